The van der Waals surface area contributed by atoms with E-state index < -0.39 is 54.0 Å². The second-order valence-corrected chi connectivity index (χ2v) is 13.2. The lowest BCUT2D eigenvalue weighted by Gasteiger charge is -2.28. The highest BCUT2D eigenvalue weighted by atomic mass is 16.5. The quantitative estimate of drug-likeness (QED) is 0.0644. The number of nitrogens with zero attached hydrogens (tertiary/aromatic N) is 2. The molecular formula is C40H49N5O10. The largest absolute Gasteiger partial charge is 0.461 e. The Hall–Kier alpha value is -5.88. The molecule has 2 aromatic carbocycles. The monoisotopic (exact) mass is 761 g/mol. The van der Waals surface area contributed by atoms with E-state index >= 15 is 0 Å². The van der Waals surface area contributed by atoms with E-state index in [0.29, 0.717) is 29.0 Å². The van der Waals surface area contributed by atoms with Crippen LogP contribution < -0.4 is 21.1 Å². The number of urea groups is 1. The molecule has 0 saturated heterocycles. The molecule has 294 valence electrons. The molecule has 55 heavy (non-hydrogen) atoms. The summed E-state index contributed by atoms with van der Waals surface area (Å²) in [5.74, 6) is -4.52. The van der Waals surface area contributed by atoms with Crippen LogP contribution in [0.4, 0.5) is 10.5 Å². The van der Waals surface area contributed by atoms with E-state index in [-0.39, 0.29) is 75.4 Å². The van der Waals surface area contributed by atoms with Crippen molar-refractivity contribution in [2.24, 2.45) is 23.5 Å². The van der Waals surface area contributed by atoms with Gasteiger partial charge in [-0.05, 0) is 42.0 Å². The second kappa shape index (κ2) is 21.7. The third-order valence-electron chi connectivity index (χ3n) is 8.88. The number of esters is 1. The molecule has 0 aliphatic carbocycles. The predicted molar refractivity (Wildman–Crippen MR) is 200 cm³/mol. The summed E-state index contributed by atoms with van der Waals surface area (Å²) < 4.78 is 23.6. The first kappa shape index (κ1) is 41.9. The van der Waals surface area contributed by atoms with Crippen LogP contribution in [0.5, 0.6) is 5.75 Å². The topological polar surface area (TPSA) is 205 Å². The number of amides is 5. The van der Waals surface area contributed by atoms with Crippen LogP contribution in [-0.4, -0.2) is 78.5 Å². The lowest BCUT2D eigenvalue weighted by Crippen LogP contribution is -2.48. The van der Waals surface area contributed by atoms with Gasteiger partial charge in [0.1, 0.15) is 18.1 Å². The number of carbonyl (C=O) groups is 7. The van der Waals surface area contributed by atoms with Crippen molar-refractivity contribution < 1.29 is 49.1 Å². The molecule has 0 saturated carbocycles. The van der Waals surface area contributed by atoms with E-state index in [2.05, 4.69) is 15.5 Å². The fraction of sp³-hybridized carbons (Fsp3) is 0.450. The average molecular weight is 762 g/mol. The highest BCUT2D eigenvalue weighted by Gasteiger charge is 2.35. The van der Waals surface area contributed by atoms with E-state index in [0.717, 1.165) is 11.0 Å². The van der Waals surface area contributed by atoms with Crippen LogP contribution in [0.2, 0.25) is 0 Å². The van der Waals surface area contributed by atoms with Gasteiger partial charge in [-0.3, -0.25) is 33.7 Å². The van der Waals surface area contributed by atoms with Crippen molar-refractivity contribution in [1.29, 1.82) is 0 Å². The van der Waals surface area contributed by atoms with Gasteiger partial charge in [0.05, 0.1) is 38.4 Å². The van der Waals surface area contributed by atoms with Crippen LogP contribution in [0.15, 0.2) is 60.4 Å². The number of ketones is 2. The maximum Gasteiger partial charge on any atom is 0.312 e. The summed E-state index contributed by atoms with van der Waals surface area (Å²) in [5.41, 5.74) is 6.90. The highest BCUT2D eigenvalue weighted by molar-refractivity contribution is 6.15. The van der Waals surface area contributed by atoms with Crippen LogP contribution in [0, 0.1) is 24.3 Å². The van der Waals surface area contributed by atoms with Crippen LogP contribution in [-0.2, 0) is 51.3 Å². The molecule has 4 atom stereocenters. The second-order valence-electron chi connectivity index (χ2n) is 13.2. The normalized spacial score (nSPS) is 14.9. The molecule has 2 unspecified atom stereocenters. The zero-order valence-electron chi connectivity index (χ0n) is 32.5. The summed E-state index contributed by atoms with van der Waals surface area (Å²) in [6, 6.07) is 11.3. The number of primary amides is 1. The van der Waals surface area contributed by atoms with Crippen molar-refractivity contribution in [1.82, 2.24) is 15.5 Å². The SMILES string of the molecule is [3H]C(C)C(=O)OCc1ccc(CC(=O)[C@H](CCCNC(N)=O)NC(=O)[C@H](C(C)C)C(C)C(=O)CCOCCN2C(=O)C=C(Oc3ccc([N+]#[C-])cc3)C2=O)cc1. The Bertz CT molecular complexity index is 1800. The first-order valence-electron chi connectivity index (χ1n) is 18.5. The first-order valence-corrected chi connectivity index (χ1v) is 18.0. The van der Waals surface area contributed by atoms with Crippen molar-refractivity contribution in [3.8, 4) is 5.75 Å². The standard InChI is InChI=1S/C40H49N5O10/c1-6-36(49)54-24-28-11-9-27(10-12-28)22-33(47)31(8-7-18-43-40(41)52)44-38(50)37(25(2)3)26(4)32(46)17-20-53-21-19-45-35(48)23-34(39(45)51)55-30-15-13-29(42-5)14-16-30/h9-16,23,25-26,31,37H,6-8,17-22,24H2,1-4H3,(H,44,50)(H3,41,43,52)/t26?,31-,37+/m0/s1/i6T/t6?,26?,31-,37+. The number of ether oxygens (including phenoxy) is 3. The lowest BCUT2D eigenvalue weighted by molar-refractivity contribution is -0.144. The van der Waals surface area contributed by atoms with E-state index in [4.69, 9.17) is 27.9 Å². The fourth-order valence-corrected chi connectivity index (χ4v) is 5.87. The predicted octanol–water partition coefficient (Wildman–Crippen LogP) is 3.95. The Morgan fingerprint density at radius 3 is 2.25 bits per heavy atom. The number of Topliss-reactive ketones (excluding diaryl/α,β-unsaturated/α-hetero) is 2. The first-order chi connectivity index (χ1) is 26.6. The Labute approximate surface area is 322 Å². The number of carbonyl (C=O) groups excluding carboxylic acids is 7. The summed E-state index contributed by atoms with van der Waals surface area (Å²) in [7, 11) is 0. The Balaban J connectivity index is 1.53. The summed E-state index contributed by atoms with van der Waals surface area (Å²) in [6.07, 6.45) is 0.560. The van der Waals surface area contributed by atoms with Crippen LogP contribution in [0.1, 0.15) is 65.9 Å². The number of hydrogen-bond donors (Lipinski definition) is 3. The zero-order valence-corrected chi connectivity index (χ0v) is 31.5. The Morgan fingerprint density at radius 1 is 0.964 bits per heavy atom. The molecule has 2 aromatic rings. The van der Waals surface area contributed by atoms with E-state index in [1.807, 2.05) is 0 Å². The number of nitrogens with two attached hydrogens (primary N) is 1. The minimum absolute atomic E-state index is 0.0140. The van der Waals surface area contributed by atoms with E-state index in [9.17, 15) is 33.6 Å². The van der Waals surface area contributed by atoms with Gasteiger partial charge in [-0.1, -0.05) is 64.1 Å². The summed E-state index contributed by atoms with van der Waals surface area (Å²) in [5, 5.41) is 5.32. The number of rotatable bonds is 23. The zero-order chi connectivity index (χ0) is 41.4. The van der Waals surface area contributed by atoms with Gasteiger partial charge in [0.2, 0.25) is 5.91 Å². The molecule has 15 heteroatoms. The van der Waals surface area contributed by atoms with Gasteiger partial charge in [-0.2, -0.15) is 0 Å². The van der Waals surface area contributed by atoms with Crippen LogP contribution in [0.3, 0.4) is 0 Å². The number of hydrogen-bond acceptors (Lipinski definition) is 10. The van der Waals surface area contributed by atoms with Crippen molar-refractivity contribution in [2.45, 2.75) is 72.4 Å². The molecule has 0 fully saturated rings. The van der Waals surface area contributed by atoms with Gasteiger partial charge < -0.3 is 30.6 Å². The molecule has 15 nitrogen and oxygen atoms in total. The third-order valence-corrected chi connectivity index (χ3v) is 8.88. The van der Waals surface area contributed by atoms with Gasteiger partial charge in [-0.25, -0.2) is 9.64 Å². The molecule has 1 aliphatic heterocycles. The molecule has 1 aliphatic rings. The van der Waals surface area contributed by atoms with Crippen molar-refractivity contribution in [2.75, 3.05) is 26.3 Å². The van der Waals surface area contributed by atoms with Gasteiger partial charge in [-0.15, -0.1) is 0 Å². The minimum atomic E-state index is -1.00. The molecule has 5 amide bonds. The molecule has 0 radical (unpaired) electrons. The number of benzene rings is 2. The van der Waals surface area contributed by atoms with E-state index in [1.54, 1.807) is 45.0 Å². The Kier molecular flexibility index (Phi) is 16.5. The summed E-state index contributed by atoms with van der Waals surface area (Å²) >= 11 is 0. The van der Waals surface area contributed by atoms with Crippen LogP contribution in [0.25, 0.3) is 4.85 Å². The van der Waals surface area contributed by atoms with Crippen LogP contribution >= 0.6 is 0 Å². The number of imide groups is 1. The van der Waals surface area contributed by atoms with E-state index in [1.165, 1.54) is 31.2 Å². The minimum Gasteiger partial charge on any atom is -0.461 e. The van der Waals surface area contributed by atoms with Gasteiger partial charge in [0.15, 0.2) is 17.2 Å². The molecule has 0 spiro atoms. The summed E-state index contributed by atoms with van der Waals surface area (Å²) in [6.45, 7) is 13.7. The third kappa shape index (κ3) is 13.8. The summed E-state index contributed by atoms with van der Waals surface area (Å²) in [4.78, 5) is 92.8. The van der Waals surface area contributed by atoms with Gasteiger partial charge >= 0.3 is 12.0 Å². The molecule has 0 aromatic heterocycles. The van der Waals surface area contributed by atoms with Gasteiger partial charge in [0.25, 0.3) is 11.8 Å². The van der Waals surface area contributed by atoms with Crippen molar-refractivity contribution in [3.63, 3.8) is 0 Å². The lowest BCUT2D eigenvalue weighted by atomic mass is 9.80. The molecule has 0 bridgehead atoms. The van der Waals surface area contributed by atoms with Gasteiger partial charge in [0, 0.05) is 39.0 Å². The van der Waals surface area contributed by atoms with Crippen molar-refractivity contribution >= 4 is 47.0 Å². The number of nitrogens with one attached hydrogen (secondary N) is 2. The highest BCUT2D eigenvalue weighted by Crippen LogP contribution is 2.25. The maximum absolute atomic E-state index is 13.7. The molecular weight excluding hydrogens is 710 g/mol. The maximum atomic E-state index is 13.7. The fourth-order valence-electron chi connectivity index (χ4n) is 5.87. The van der Waals surface area contributed by atoms with Crippen molar-refractivity contribution in [3.05, 3.63) is 82.9 Å². The average Bonchev–Trinajstić information content (AvgIpc) is 3.42. The smallest absolute Gasteiger partial charge is 0.312 e. The molecule has 4 N–H and O–H groups in total. The molecule has 3 rings (SSSR count). The molecule has 1 heterocycles. The Morgan fingerprint density at radius 2 is 1.64 bits per heavy atom.